The van der Waals surface area contributed by atoms with Gasteiger partial charge in [-0.1, -0.05) is 0 Å². The van der Waals surface area contributed by atoms with Gasteiger partial charge in [-0.2, -0.15) is 5.26 Å². The van der Waals surface area contributed by atoms with E-state index in [0.717, 1.165) is 17.8 Å². The largest absolute Gasteiger partial charge is 0.492 e. The normalized spacial score (nSPS) is 10.8. The molecule has 0 unspecified atom stereocenters. The second kappa shape index (κ2) is 6.65. The number of thioether (sulfide) groups is 1. The van der Waals surface area contributed by atoms with Crippen molar-refractivity contribution in [2.24, 2.45) is 0 Å². The SMILES string of the molecule is Cc1cc(F)c(CSc2nc(O)c(C#N)c3ccc(F)cc23)c(F)c1. The Morgan fingerprint density at radius 1 is 1.12 bits per heavy atom. The van der Waals surface area contributed by atoms with Crippen LogP contribution in [-0.2, 0) is 5.75 Å². The molecule has 1 heterocycles. The van der Waals surface area contributed by atoms with Crippen molar-refractivity contribution in [2.45, 2.75) is 17.7 Å². The first kappa shape index (κ1) is 17.1. The summed E-state index contributed by atoms with van der Waals surface area (Å²) in [5.74, 6) is -2.51. The first-order valence-corrected chi connectivity index (χ1v) is 8.19. The predicted octanol–water partition coefficient (Wildman–Crippen LogP) is 4.83. The lowest BCUT2D eigenvalue weighted by Crippen LogP contribution is -1.96. The molecule has 0 saturated carbocycles. The van der Waals surface area contributed by atoms with Crippen molar-refractivity contribution in [3.05, 3.63) is 64.5 Å². The quantitative estimate of drug-likeness (QED) is 0.680. The van der Waals surface area contributed by atoms with Gasteiger partial charge >= 0.3 is 0 Å². The minimum Gasteiger partial charge on any atom is -0.492 e. The van der Waals surface area contributed by atoms with Crippen molar-refractivity contribution < 1.29 is 18.3 Å². The molecule has 0 fully saturated rings. The molecule has 1 N–H and O–H groups in total. The summed E-state index contributed by atoms with van der Waals surface area (Å²) in [6, 6.07) is 7.96. The zero-order chi connectivity index (χ0) is 18.1. The Morgan fingerprint density at radius 3 is 2.44 bits per heavy atom. The zero-order valence-electron chi connectivity index (χ0n) is 13.0. The number of benzene rings is 2. The van der Waals surface area contributed by atoms with Crippen LogP contribution >= 0.6 is 11.8 Å². The molecule has 0 bridgehead atoms. The maximum atomic E-state index is 14.0. The molecule has 0 saturated heterocycles. The van der Waals surface area contributed by atoms with E-state index in [1.165, 1.54) is 24.3 Å². The number of hydrogen-bond acceptors (Lipinski definition) is 4. The molecular formula is C18H11F3N2OS. The molecule has 126 valence electrons. The standard InChI is InChI=1S/C18H11F3N2OS/c1-9-4-15(20)14(16(21)5-9)8-25-18-12-6-10(19)2-3-11(12)13(7-22)17(24)23-18/h2-6H,8H2,1H3,(H,23,24). The van der Waals surface area contributed by atoms with E-state index < -0.39 is 23.3 Å². The number of aromatic nitrogens is 1. The van der Waals surface area contributed by atoms with Crippen LogP contribution in [-0.4, -0.2) is 10.1 Å². The summed E-state index contributed by atoms with van der Waals surface area (Å²) in [5.41, 5.74) is 0.253. The summed E-state index contributed by atoms with van der Waals surface area (Å²) in [5, 5.41) is 19.9. The van der Waals surface area contributed by atoms with Crippen LogP contribution in [0.4, 0.5) is 13.2 Å². The second-order valence-corrected chi connectivity index (χ2v) is 6.38. The van der Waals surface area contributed by atoms with E-state index in [0.29, 0.717) is 16.3 Å². The van der Waals surface area contributed by atoms with Gasteiger partial charge in [0.05, 0.1) is 0 Å². The van der Waals surface area contributed by atoms with Gasteiger partial charge in [0.2, 0.25) is 5.88 Å². The van der Waals surface area contributed by atoms with E-state index in [-0.39, 0.29) is 21.9 Å². The number of hydrogen-bond donors (Lipinski definition) is 1. The number of nitrogens with zero attached hydrogens (tertiary/aromatic N) is 2. The lowest BCUT2D eigenvalue weighted by molar-refractivity contribution is 0.448. The van der Waals surface area contributed by atoms with Crippen molar-refractivity contribution in [3.63, 3.8) is 0 Å². The van der Waals surface area contributed by atoms with Crippen molar-refractivity contribution in [1.29, 1.82) is 5.26 Å². The Hall–Kier alpha value is -2.72. The molecular weight excluding hydrogens is 349 g/mol. The van der Waals surface area contributed by atoms with Gasteiger partial charge in [-0.25, -0.2) is 18.2 Å². The van der Waals surface area contributed by atoms with E-state index in [9.17, 15) is 18.3 Å². The fourth-order valence-electron chi connectivity index (χ4n) is 2.47. The fraction of sp³-hybridized carbons (Fsp3) is 0.111. The van der Waals surface area contributed by atoms with Crippen molar-refractivity contribution in [1.82, 2.24) is 4.98 Å². The number of fused-ring (bicyclic) bond motifs is 1. The number of nitriles is 1. The van der Waals surface area contributed by atoms with Crippen LogP contribution in [0, 0.1) is 35.7 Å². The van der Waals surface area contributed by atoms with Crippen molar-refractivity contribution in [3.8, 4) is 11.9 Å². The predicted molar refractivity (Wildman–Crippen MR) is 88.7 cm³/mol. The summed E-state index contributed by atoms with van der Waals surface area (Å²) in [6.45, 7) is 1.58. The number of aryl methyl sites for hydroxylation is 1. The summed E-state index contributed by atoms with van der Waals surface area (Å²) >= 11 is 0.952. The topological polar surface area (TPSA) is 56.9 Å². The third-order valence-corrected chi connectivity index (χ3v) is 4.68. The molecule has 2 aromatic carbocycles. The number of halogens is 3. The first-order valence-electron chi connectivity index (χ1n) is 7.20. The van der Waals surface area contributed by atoms with Gasteiger partial charge in [0.1, 0.15) is 34.1 Å². The van der Waals surface area contributed by atoms with Crippen LogP contribution in [0.5, 0.6) is 5.88 Å². The highest BCUT2D eigenvalue weighted by Gasteiger charge is 2.16. The smallest absolute Gasteiger partial charge is 0.230 e. The van der Waals surface area contributed by atoms with Gasteiger partial charge in [-0.15, -0.1) is 11.8 Å². The first-order chi connectivity index (χ1) is 11.9. The average Bonchev–Trinajstić information content (AvgIpc) is 2.54. The maximum absolute atomic E-state index is 14.0. The van der Waals surface area contributed by atoms with Crippen LogP contribution < -0.4 is 0 Å². The molecule has 25 heavy (non-hydrogen) atoms. The number of aromatic hydroxyl groups is 1. The van der Waals surface area contributed by atoms with Gasteiger partial charge in [0.15, 0.2) is 0 Å². The van der Waals surface area contributed by atoms with E-state index >= 15 is 0 Å². The highest BCUT2D eigenvalue weighted by molar-refractivity contribution is 7.98. The average molecular weight is 360 g/mol. The number of pyridine rings is 1. The van der Waals surface area contributed by atoms with Crippen molar-refractivity contribution >= 4 is 22.5 Å². The Kier molecular flexibility index (Phi) is 4.55. The molecule has 0 aliphatic rings. The third kappa shape index (κ3) is 3.26. The molecule has 0 spiro atoms. The third-order valence-electron chi connectivity index (χ3n) is 3.66. The molecule has 0 amide bonds. The lowest BCUT2D eigenvalue weighted by Gasteiger charge is -2.10. The molecule has 0 aliphatic heterocycles. The number of rotatable bonds is 3. The lowest BCUT2D eigenvalue weighted by atomic mass is 10.1. The summed E-state index contributed by atoms with van der Waals surface area (Å²) in [4.78, 5) is 3.89. The highest BCUT2D eigenvalue weighted by Crippen LogP contribution is 2.35. The Bertz CT molecular complexity index is 1010. The second-order valence-electron chi connectivity index (χ2n) is 5.41. The van der Waals surface area contributed by atoms with E-state index in [4.69, 9.17) is 5.26 Å². The Balaban J connectivity index is 2.06. The van der Waals surface area contributed by atoms with Gasteiger partial charge in [-0.3, -0.25) is 0 Å². The molecule has 0 radical (unpaired) electrons. The Labute approximate surface area is 145 Å². The van der Waals surface area contributed by atoms with Gasteiger partial charge in [0.25, 0.3) is 0 Å². The minimum atomic E-state index is -0.682. The molecule has 1 aromatic heterocycles. The zero-order valence-corrected chi connectivity index (χ0v) is 13.8. The molecule has 7 heteroatoms. The monoisotopic (exact) mass is 360 g/mol. The summed E-state index contributed by atoms with van der Waals surface area (Å²) < 4.78 is 41.5. The molecule has 3 rings (SSSR count). The molecule has 0 aliphatic carbocycles. The van der Waals surface area contributed by atoms with Gasteiger partial charge in [-0.05, 0) is 42.8 Å². The molecule has 0 atom stereocenters. The van der Waals surface area contributed by atoms with Crippen LogP contribution in [0.2, 0.25) is 0 Å². The van der Waals surface area contributed by atoms with Crippen LogP contribution in [0.15, 0.2) is 35.4 Å². The van der Waals surface area contributed by atoms with E-state index in [2.05, 4.69) is 4.98 Å². The minimum absolute atomic E-state index is 0.0768. The van der Waals surface area contributed by atoms with Crippen molar-refractivity contribution in [2.75, 3.05) is 0 Å². The van der Waals surface area contributed by atoms with Crippen LogP contribution in [0.25, 0.3) is 10.8 Å². The van der Waals surface area contributed by atoms with Crippen LogP contribution in [0.1, 0.15) is 16.7 Å². The van der Waals surface area contributed by atoms with Gasteiger partial charge < -0.3 is 5.11 Å². The van der Waals surface area contributed by atoms with E-state index in [1.54, 1.807) is 6.92 Å². The van der Waals surface area contributed by atoms with Crippen LogP contribution in [0.3, 0.4) is 0 Å². The fourth-order valence-corrected chi connectivity index (χ4v) is 3.50. The summed E-state index contributed by atoms with van der Waals surface area (Å²) in [7, 11) is 0. The van der Waals surface area contributed by atoms with E-state index in [1.807, 2.05) is 6.07 Å². The Morgan fingerprint density at radius 2 is 1.80 bits per heavy atom. The highest BCUT2D eigenvalue weighted by atomic mass is 32.2. The summed E-state index contributed by atoms with van der Waals surface area (Å²) in [6.07, 6.45) is 0. The maximum Gasteiger partial charge on any atom is 0.230 e. The molecule has 3 nitrogen and oxygen atoms in total. The molecule has 3 aromatic rings. The van der Waals surface area contributed by atoms with Gasteiger partial charge in [0, 0.05) is 22.1 Å².